The summed E-state index contributed by atoms with van der Waals surface area (Å²) >= 11 is 0. The summed E-state index contributed by atoms with van der Waals surface area (Å²) in [7, 11) is 1.45. The Morgan fingerprint density at radius 3 is 3.00 bits per heavy atom. The number of aliphatic hydroxyl groups is 1. The molecule has 0 aromatic heterocycles. The summed E-state index contributed by atoms with van der Waals surface area (Å²) in [6.07, 6.45) is 5.35. The van der Waals surface area contributed by atoms with E-state index >= 15 is 0 Å². The molecule has 2 aliphatic carbocycles. The molecule has 4 atom stereocenters. The van der Waals surface area contributed by atoms with E-state index in [-0.39, 0.29) is 36.6 Å². The molecule has 3 rings (SSSR count). The van der Waals surface area contributed by atoms with Gasteiger partial charge in [-0.15, -0.1) is 0 Å². The first-order valence-electron chi connectivity index (χ1n) is 6.40. The van der Waals surface area contributed by atoms with Gasteiger partial charge in [-0.25, -0.2) is 0 Å². The van der Waals surface area contributed by atoms with Gasteiger partial charge in [-0.05, 0) is 12.3 Å². The molecule has 5 nitrogen and oxygen atoms in total. The Morgan fingerprint density at radius 1 is 1.53 bits per heavy atom. The molecule has 5 heteroatoms. The zero-order valence-corrected chi connectivity index (χ0v) is 10.7. The van der Waals surface area contributed by atoms with Gasteiger partial charge >= 0.3 is 5.97 Å². The van der Waals surface area contributed by atoms with Crippen LogP contribution in [-0.2, 0) is 19.1 Å². The maximum Gasteiger partial charge on any atom is 0.307 e. The third kappa shape index (κ3) is 1.51. The molecule has 1 saturated heterocycles. The smallest absolute Gasteiger partial charge is 0.307 e. The maximum absolute atomic E-state index is 12.2. The van der Waals surface area contributed by atoms with Gasteiger partial charge in [-0.3, -0.25) is 9.59 Å². The van der Waals surface area contributed by atoms with Crippen LogP contribution in [0.1, 0.15) is 12.8 Å². The van der Waals surface area contributed by atoms with Gasteiger partial charge in [0.05, 0.1) is 25.6 Å². The molecule has 102 valence electrons. The second-order valence-electron chi connectivity index (χ2n) is 5.32. The van der Waals surface area contributed by atoms with E-state index in [9.17, 15) is 14.7 Å². The van der Waals surface area contributed by atoms with E-state index in [1.54, 1.807) is 0 Å². The molecule has 1 N–H and O–H groups in total. The van der Waals surface area contributed by atoms with E-state index in [4.69, 9.17) is 9.47 Å². The van der Waals surface area contributed by atoms with Crippen molar-refractivity contribution in [2.75, 3.05) is 13.7 Å². The number of methoxy groups -OCH3 is 1. The summed E-state index contributed by atoms with van der Waals surface area (Å²) in [5, 5.41) is 9.94. The van der Waals surface area contributed by atoms with Crippen molar-refractivity contribution < 1.29 is 24.2 Å². The fraction of sp³-hybridized carbons (Fsp3) is 0.571. The average Bonchev–Trinajstić information content (AvgIpc) is 2.42. The van der Waals surface area contributed by atoms with Crippen LogP contribution in [0.5, 0.6) is 0 Å². The van der Waals surface area contributed by atoms with Gasteiger partial charge in [0.15, 0.2) is 11.9 Å². The normalized spacial score (nSPS) is 40.3. The number of hydrogen-bond acceptors (Lipinski definition) is 5. The highest BCUT2D eigenvalue weighted by Gasteiger charge is 2.61. The van der Waals surface area contributed by atoms with Crippen LogP contribution < -0.4 is 0 Å². The van der Waals surface area contributed by atoms with Gasteiger partial charge in [0.25, 0.3) is 0 Å². The standard InChI is InChI=1S/C14H16O5/c1-18-11-6-10(16)9-4-2-3-8-5-12(17)19-13(11)14(8,9)7-15/h2-3,6,8-9,13,15H,4-5,7H2,1H3/t8-,9+,13+,14-/m0/s1. The Balaban J connectivity index is 2.17. The predicted molar refractivity (Wildman–Crippen MR) is 64.9 cm³/mol. The third-order valence-electron chi connectivity index (χ3n) is 4.60. The first-order chi connectivity index (χ1) is 9.13. The monoisotopic (exact) mass is 264 g/mol. The van der Waals surface area contributed by atoms with Crippen molar-refractivity contribution in [1.29, 1.82) is 0 Å². The topological polar surface area (TPSA) is 72.8 Å². The molecule has 1 heterocycles. The summed E-state index contributed by atoms with van der Waals surface area (Å²) in [4.78, 5) is 23.9. The fourth-order valence-electron chi connectivity index (χ4n) is 3.64. The van der Waals surface area contributed by atoms with Crippen molar-refractivity contribution in [3.63, 3.8) is 0 Å². The molecule has 3 aliphatic rings. The summed E-state index contributed by atoms with van der Waals surface area (Å²) in [5.74, 6) is -0.561. The van der Waals surface area contributed by atoms with Gasteiger partial charge in [0.2, 0.25) is 0 Å². The second kappa shape index (κ2) is 4.20. The highest BCUT2D eigenvalue weighted by atomic mass is 16.6. The van der Waals surface area contributed by atoms with Crippen molar-refractivity contribution in [3.05, 3.63) is 24.0 Å². The Bertz CT molecular complexity index is 492. The van der Waals surface area contributed by atoms with Crippen molar-refractivity contribution in [1.82, 2.24) is 0 Å². The van der Waals surface area contributed by atoms with Gasteiger partial charge in [0.1, 0.15) is 5.76 Å². The van der Waals surface area contributed by atoms with Crippen molar-refractivity contribution >= 4 is 11.8 Å². The fourth-order valence-corrected chi connectivity index (χ4v) is 3.64. The van der Waals surface area contributed by atoms with E-state index in [1.165, 1.54) is 13.2 Å². The van der Waals surface area contributed by atoms with Crippen molar-refractivity contribution in [3.8, 4) is 0 Å². The van der Waals surface area contributed by atoms with Crippen LogP contribution in [0, 0.1) is 17.3 Å². The van der Waals surface area contributed by atoms with E-state index in [0.717, 1.165) is 0 Å². The van der Waals surface area contributed by atoms with Crippen molar-refractivity contribution in [2.45, 2.75) is 18.9 Å². The first kappa shape index (κ1) is 12.4. The highest BCUT2D eigenvalue weighted by Crippen LogP contribution is 2.54. The second-order valence-corrected chi connectivity index (χ2v) is 5.32. The lowest BCUT2D eigenvalue weighted by Gasteiger charge is -2.53. The van der Waals surface area contributed by atoms with Crippen LogP contribution in [-0.4, -0.2) is 36.7 Å². The molecule has 1 aliphatic heterocycles. The van der Waals surface area contributed by atoms with Gasteiger partial charge in [0, 0.05) is 12.0 Å². The number of aliphatic hydroxyl groups excluding tert-OH is 1. The molecule has 1 fully saturated rings. The summed E-state index contributed by atoms with van der Waals surface area (Å²) in [6, 6.07) is 0. The summed E-state index contributed by atoms with van der Waals surface area (Å²) in [5.41, 5.74) is -0.764. The molecule has 19 heavy (non-hydrogen) atoms. The van der Waals surface area contributed by atoms with Crippen LogP contribution >= 0.6 is 0 Å². The minimum absolute atomic E-state index is 0.0607. The lowest BCUT2D eigenvalue weighted by Crippen LogP contribution is -2.60. The number of esters is 1. The molecule has 0 saturated carbocycles. The number of ether oxygens (including phenoxy) is 2. The number of carbonyl (C=O) groups is 2. The largest absolute Gasteiger partial charge is 0.497 e. The van der Waals surface area contributed by atoms with E-state index in [2.05, 4.69) is 0 Å². The van der Waals surface area contributed by atoms with Crippen LogP contribution in [0.25, 0.3) is 0 Å². The van der Waals surface area contributed by atoms with Crippen LogP contribution in [0.4, 0.5) is 0 Å². The summed E-state index contributed by atoms with van der Waals surface area (Å²) < 4.78 is 10.6. The first-order valence-corrected chi connectivity index (χ1v) is 6.40. The van der Waals surface area contributed by atoms with Crippen LogP contribution in [0.2, 0.25) is 0 Å². The molecule has 0 radical (unpaired) electrons. The zero-order chi connectivity index (χ0) is 13.6. The predicted octanol–water partition coefficient (Wildman–Crippen LogP) is 0.586. The molecule has 0 unspecified atom stereocenters. The van der Waals surface area contributed by atoms with E-state index < -0.39 is 11.5 Å². The Morgan fingerprint density at radius 2 is 2.32 bits per heavy atom. The maximum atomic E-state index is 12.2. The zero-order valence-electron chi connectivity index (χ0n) is 10.7. The molecule has 0 aromatic rings. The van der Waals surface area contributed by atoms with Crippen LogP contribution in [0.3, 0.4) is 0 Å². The molecule has 0 amide bonds. The Hall–Kier alpha value is -1.62. The molecule has 0 aromatic carbocycles. The number of allylic oxidation sites excluding steroid dienone is 3. The average molecular weight is 264 g/mol. The van der Waals surface area contributed by atoms with Gasteiger partial charge < -0.3 is 14.6 Å². The van der Waals surface area contributed by atoms with Gasteiger partial charge in [-0.1, -0.05) is 12.2 Å². The van der Waals surface area contributed by atoms with Crippen molar-refractivity contribution in [2.24, 2.45) is 17.3 Å². The molecule has 0 bridgehead atoms. The molecule has 0 spiro atoms. The SMILES string of the molecule is COC1=CC(=O)[C@H]2CC=C[C@H]3CC(=O)O[C@H]1[C@]23CO. The van der Waals surface area contributed by atoms with Crippen LogP contribution in [0.15, 0.2) is 24.0 Å². The molecular formula is C14H16O5. The lowest BCUT2D eigenvalue weighted by atomic mass is 9.54. The lowest BCUT2D eigenvalue weighted by molar-refractivity contribution is -0.190. The Labute approximate surface area is 110 Å². The number of ketones is 1. The summed E-state index contributed by atoms with van der Waals surface area (Å²) in [6.45, 7) is -0.197. The Kier molecular flexibility index (Phi) is 2.74. The van der Waals surface area contributed by atoms with E-state index in [0.29, 0.717) is 12.2 Å². The number of hydrogen-bond donors (Lipinski definition) is 1. The quantitative estimate of drug-likeness (QED) is 0.583. The highest BCUT2D eigenvalue weighted by molar-refractivity contribution is 5.95. The third-order valence-corrected chi connectivity index (χ3v) is 4.60. The van der Waals surface area contributed by atoms with E-state index in [1.807, 2.05) is 12.2 Å². The molecular weight excluding hydrogens is 248 g/mol. The van der Waals surface area contributed by atoms with Gasteiger partial charge in [-0.2, -0.15) is 0 Å². The number of rotatable bonds is 2. The minimum Gasteiger partial charge on any atom is -0.497 e. The minimum atomic E-state index is -0.764. The number of carbonyl (C=O) groups excluding carboxylic acids is 2.